The molecule has 0 unspecified atom stereocenters. The number of aliphatic carboxylic acids is 1. The minimum atomic E-state index is -1.25. The maximum Gasteiger partial charge on any atom is 0.329 e. The molecule has 1 atom stereocenters. The average molecular weight is 191 g/mol. The third kappa shape index (κ3) is 2.73. The molecular weight excluding hydrogens is 178 g/mol. The number of hydrogen-bond donors (Lipinski definition) is 3. The Morgan fingerprint density at radius 3 is 2.33 bits per heavy atom. The highest BCUT2D eigenvalue weighted by molar-refractivity contribution is 7.80. The Kier molecular flexibility index (Phi) is 4.09. The van der Waals surface area contributed by atoms with Gasteiger partial charge in [-0.15, -0.1) is 0 Å². The molecule has 0 heterocycles. The van der Waals surface area contributed by atoms with Gasteiger partial charge in [0.1, 0.15) is 5.54 Å². The number of nitrogens with one attached hydrogen (secondary N) is 1. The van der Waals surface area contributed by atoms with Gasteiger partial charge in [-0.1, -0.05) is 6.92 Å². The van der Waals surface area contributed by atoms with E-state index in [0.717, 1.165) is 0 Å². The third-order valence-corrected chi connectivity index (χ3v) is 2.16. The van der Waals surface area contributed by atoms with Crippen LogP contribution in [0.3, 0.4) is 0 Å². The summed E-state index contributed by atoms with van der Waals surface area (Å²) in [5.74, 6) is -1.28. The summed E-state index contributed by atoms with van der Waals surface area (Å²) in [5.41, 5.74) is -1.25. The van der Waals surface area contributed by atoms with Gasteiger partial charge in [-0.05, 0) is 6.92 Å². The van der Waals surface area contributed by atoms with Crippen molar-refractivity contribution in [2.45, 2.75) is 25.8 Å². The quantitative estimate of drug-likeness (QED) is 0.559. The molecule has 70 valence electrons. The monoisotopic (exact) mass is 191 g/mol. The molecule has 12 heavy (non-hydrogen) atoms. The summed E-state index contributed by atoms with van der Waals surface area (Å²) in [4.78, 5) is 21.5. The standard InChI is InChI=1S/C7H13NO3S/c1-3-5(9)8-7(2,4-12)6(10)11/h12H,3-4H2,1-2H3,(H,8,9)(H,10,11)/t7-/m0/s1. The minimum Gasteiger partial charge on any atom is -0.479 e. The molecule has 0 aliphatic rings. The highest BCUT2D eigenvalue weighted by Crippen LogP contribution is 2.06. The molecule has 0 saturated heterocycles. The van der Waals surface area contributed by atoms with E-state index in [1.807, 2.05) is 0 Å². The van der Waals surface area contributed by atoms with E-state index in [1.165, 1.54) is 6.92 Å². The Morgan fingerprint density at radius 2 is 2.08 bits per heavy atom. The first-order valence-electron chi connectivity index (χ1n) is 3.61. The van der Waals surface area contributed by atoms with Crippen LogP contribution < -0.4 is 5.32 Å². The van der Waals surface area contributed by atoms with Crippen LogP contribution in [0.4, 0.5) is 0 Å². The van der Waals surface area contributed by atoms with E-state index in [0.29, 0.717) is 0 Å². The summed E-state index contributed by atoms with van der Waals surface area (Å²) >= 11 is 3.86. The molecule has 0 aliphatic carbocycles. The van der Waals surface area contributed by atoms with Gasteiger partial charge in [0.15, 0.2) is 0 Å². The molecule has 5 heteroatoms. The molecule has 0 radical (unpaired) electrons. The molecule has 4 nitrogen and oxygen atoms in total. The number of amides is 1. The summed E-state index contributed by atoms with van der Waals surface area (Å²) in [5, 5.41) is 11.1. The molecule has 0 aromatic heterocycles. The Balaban J connectivity index is 4.34. The summed E-state index contributed by atoms with van der Waals surface area (Å²) in [6, 6.07) is 0. The predicted octanol–water partition coefficient (Wildman–Crippen LogP) is 0.286. The van der Waals surface area contributed by atoms with Gasteiger partial charge in [0.2, 0.25) is 5.91 Å². The molecule has 0 bridgehead atoms. The smallest absolute Gasteiger partial charge is 0.329 e. The summed E-state index contributed by atoms with van der Waals surface area (Å²) < 4.78 is 0. The van der Waals surface area contributed by atoms with Crippen molar-refractivity contribution < 1.29 is 14.7 Å². The van der Waals surface area contributed by atoms with Crippen molar-refractivity contribution in [3.8, 4) is 0 Å². The first kappa shape index (κ1) is 11.3. The highest BCUT2D eigenvalue weighted by Gasteiger charge is 2.32. The van der Waals surface area contributed by atoms with Crippen molar-refractivity contribution in [3.05, 3.63) is 0 Å². The topological polar surface area (TPSA) is 66.4 Å². The molecule has 0 rings (SSSR count). The van der Waals surface area contributed by atoms with E-state index in [1.54, 1.807) is 6.92 Å². The van der Waals surface area contributed by atoms with Gasteiger partial charge in [-0.3, -0.25) is 4.79 Å². The first-order valence-corrected chi connectivity index (χ1v) is 4.24. The van der Waals surface area contributed by atoms with Crippen molar-refractivity contribution in [1.29, 1.82) is 0 Å². The fourth-order valence-corrected chi connectivity index (χ4v) is 0.771. The van der Waals surface area contributed by atoms with Crippen molar-refractivity contribution in [1.82, 2.24) is 5.32 Å². The Bertz CT molecular complexity index is 195. The number of carbonyl (C=O) groups excluding carboxylic acids is 1. The van der Waals surface area contributed by atoms with Crippen LogP contribution in [-0.2, 0) is 9.59 Å². The second kappa shape index (κ2) is 4.35. The van der Waals surface area contributed by atoms with Crippen LogP contribution in [0.5, 0.6) is 0 Å². The molecule has 0 aromatic carbocycles. The number of rotatable bonds is 4. The van der Waals surface area contributed by atoms with Gasteiger partial charge in [0.05, 0.1) is 0 Å². The van der Waals surface area contributed by atoms with E-state index in [-0.39, 0.29) is 18.1 Å². The van der Waals surface area contributed by atoms with Crippen LogP contribution in [0, 0.1) is 0 Å². The maximum atomic E-state index is 10.9. The molecular formula is C7H13NO3S. The number of carbonyl (C=O) groups is 2. The third-order valence-electron chi connectivity index (χ3n) is 1.52. The zero-order valence-electron chi connectivity index (χ0n) is 7.13. The largest absolute Gasteiger partial charge is 0.479 e. The lowest BCUT2D eigenvalue weighted by Gasteiger charge is -2.23. The number of thiol groups is 1. The van der Waals surface area contributed by atoms with Crippen LogP contribution in [0.25, 0.3) is 0 Å². The van der Waals surface area contributed by atoms with Gasteiger partial charge in [0.25, 0.3) is 0 Å². The molecule has 0 fully saturated rings. The first-order chi connectivity index (χ1) is 5.46. The van der Waals surface area contributed by atoms with E-state index in [9.17, 15) is 9.59 Å². The fourth-order valence-electron chi connectivity index (χ4n) is 0.557. The highest BCUT2D eigenvalue weighted by atomic mass is 32.1. The van der Waals surface area contributed by atoms with Crippen molar-refractivity contribution in [2.75, 3.05) is 5.75 Å². The number of hydrogen-bond acceptors (Lipinski definition) is 3. The van der Waals surface area contributed by atoms with Gasteiger partial charge < -0.3 is 10.4 Å². The maximum absolute atomic E-state index is 10.9. The Morgan fingerprint density at radius 1 is 1.58 bits per heavy atom. The fraction of sp³-hybridized carbons (Fsp3) is 0.714. The molecule has 0 aliphatic heterocycles. The lowest BCUT2D eigenvalue weighted by atomic mass is 10.1. The summed E-state index contributed by atoms with van der Waals surface area (Å²) in [6.45, 7) is 3.09. The molecule has 0 aromatic rings. The van der Waals surface area contributed by atoms with E-state index in [2.05, 4.69) is 17.9 Å². The molecule has 0 spiro atoms. The van der Waals surface area contributed by atoms with Crippen LogP contribution in [0.2, 0.25) is 0 Å². The van der Waals surface area contributed by atoms with Crippen LogP contribution in [0.1, 0.15) is 20.3 Å². The lowest BCUT2D eigenvalue weighted by molar-refractivity contribution is -0.145. The normalized spacial score (nSPS) is 14.9. The minimum absolute atomic E-state index is 0.0775. The zero-order chi connectivity index (χ0) is 9.78. The Hall–Kier alpha value is -0.710. The summed E-state index contributed by atoms with van der Waals surface area (Å²) in [6.07, 6.45) is 0.274. The number of carboxylic acid groups (broad SMARTS) is 1. The van der Waals surface area contributed by atoms with E-state index < -0.39 is 11.5 Å². The van der Waals surface area contributed by atoms with Gasteiger partial charge in [-0.2, -0.15) is 12.6 Å². The lowest BCUT2D eigenvalue weighted by Crippen LogP contribution is -2.53. The molecule has 0 saturated carbocycles. The van der Waals surface area contributed by atoms with Gasteiger partial charge in [0, 0.05) is 12.2 Å². The van der Waals surface area contributed by atoms with Crippen molar-refractivity contribution >= 4 is 24.5 Å². The SMILES string of the molecule is CCC(=O)N[C@@](C)(CS)C(=O)O. The van der Waals surface area contributed by atoms with E-state index in [4.69, 9.17) is 5.11 Å². The van der Waals surface area contributed by atoms with Crippen LogP contribution in [0.15, 0.2) is 0 Å². The van der Waals surface area contributed by atoms with Crippen molar-refractivity contribution in [2.24, 2.45) is 0 Å². The van der Waals surface area contributed by atoms with Gasteiger partial charge >= 0.3 is 5.97 Å². The second-order valence-corrected chi connectivity index (χ2v) is 3.01. The molecule has 1 amide bonds. The zero-order valence-corrected chi connectivity index (χ0v) is 8.02. The van der Waals surface area contributed by atoms with Crippen LogP contribution >= 0.6 is 12.6 Å². The van der Waals surface area contributed by atoms with E-state index >= 15 is 0 Å². The predicted molar refractivity (Wildman–Crippen MR) is 48.3 cm³/mol. The summed E-state index contributed by atoms with van der Waals surface area (Å²) in [7, 11) is 0. The number of carboxylic acids is 1. The molecule has 2 N–H and O–H groups in total. The average Bonchev–Trinajstić information content (AvgIpc) is 2.03. The van der Waals surface area contributed by atoms with Crippen LogP contribution in [-0.4, -0.2) is 28.3 Å². The Labute approximate surface area is 76.8 Å². The van der Waals surface area contributed by atoms with Crippen molar-refractivity contribution in [3.63, 3.8) is 0 Å². The van der Waals surface area contributed by atoms with Gasteiger partial charge in [-0.25, -0.2) is 4.79 Å². The second-order valence-electron chi connectivity index (χ2n) is 2.70.